The third kappa shape index (κ3) is 6.21. The second-order valence-electron chi connectivity index (χ2n) is 7.86. The van der Waals surface area contributed by atoms with Crippen molar-refractivity contribution in [3.8, 4) is 11.5 Å². The fourth-order valence-electron chi connectivity index (χ4n) is 4.06. The van der Waals surface area contributed by atoms with Gasteiger partial charge in [-0.15, -0.1) is 0 Å². The Bertz CT molecular complexity index is 1020. The standard InChI is InChI=1S/C21H30N4O6S/c1-15(13-24-32(22,27)28)16-4-7-25(8-5-16)19-3-6-23-18-12-20(29-2)21(11-17(18)19)31-10-9-30-14-26/h3,6,11-12,14-16,24H,4-5,7-10,13H2,1-2H3,(H2,22,27,28). The molecule has 2 aromatic rings. The molecule has 32 heavy (non-hydrogen) atoms. The molecule has 10 nitrogen and oxygen atoms in total. The van der Waals surface area contributed by atoms with Gasteiger partial charge >= 0.3 is 0 Å². The summed E-state index contributed by atoms with van der Waals surface area (Å²) in [5.74, 6) is 1.72. The maximum atomic E-state index is 11.2. The average molecular weight is 467 g/mol. The molecule has 1 saturated heterocycles. The number of piperidine rings is 1. The van der Waals surface area contributed by atoms with E-state index in [1.54, 1.807) is 13.3 Å². The van der Waals surface area contributed by atoms with Crippen LogP contribution in [-0.2, 0) is 19.7 Å². The van der Waals surface area contributed by atoms with Gasteiger partial charge in [-0.25, -0.2) is 9.86 Å². The van der Waals surface area contributed by atoms with Crippen LogP contribution in [0.4, 0.5) is 5.69 Å². The lowest BCUT2D eigenvalue weighted by Crippen LogP contribution is -2.40. The second-order valence-corrected chi connectivity index (χ2v) is 9.24. The van der Waals surface area contributed by atoms with E-state index in [9.17, 15) is 13.2 Å². The fraction of sp³-hybridized carbons (Fsp3) is 0.524. The SMILES string of the molecule is COc1cc2nccc(N3CCC(C(C)CNS(N)(=O)=O)CC3)c2cc1OCCOC=O. The number of anilines is 1. The van der Waals surface area contributed by atoms with Crippen LogP contribution in [0.2, 0.25) is 0 Å². The van der Waals surface area contributed by atoms with E-state index >= 15 is 0 Å². The molecule has 1 fully saturated rings. The molecule has 1 atom stereocenters. The highest BCUT2D eigenvalue weighted by Crippen LogP contribution is 2.37. The molecule has 1 aromatic heterocycles. The zero-order valence-electron chi connectivity index (χ0n) is 18.3. The van der Waals surface area contributed by atoms with Crippen LogP contribution in [-0.4, -0.2) is 59.8 Å². The molecule has 11 heteroatoms. The van der Waals surface area contributed by atoms with E-state index in [0.717, 1.165) is 42.5 Å². The summed E-state index contributed by atoms with van der Waals surface area (Å²) in [5.41, 5.74) is 1.85. The Morgan fingerprint density at radius 1 is 1.28 bits per heavy atom. The van der Waals surface area contributed by atoms with Crippen LogP contribution in [0.15, 0.2) is 24.4 Å². The second kappa shape index (κ2) is 10.8. The predicted octanol–water partition coefficient (Wildman–Crippen LogP) is 1.44. The minimum Gasteiger partial charge on any atom is -0.493 e. The number of carbonyl (C=O) groups is 1. The number of hydrogen-bond acceptors (Lipinski definition) is 8. The van der Waals surface area contributed by atoms with Crippen molar-refractivity contribution in [1.82, 2.24) is 9.71 Å². The smallest absolute Gasteiger partial charge is 0.293 e. The number of nitrogens with zero attached hydrogens (tertiary/aromatic N) is 2. The number of nitrogens with one attached hydrogen (secondary N) is 1. The largest absolute Gasteiger partial charge is 0.493 e. The first-order valence-corrected chi connectivity index (χ1v) is 12.0. The summed E-state index contributed by atoms with van der Waals surface area (Å²) in [4.78, 5) is 17.1. The van der Waals surface area contributed by atoms with Gasteiger partial charge in [-0.2, -0.15) is 8.42 Å². The Hall–Kier alpha value is -2.63. The molecular formula is C21H30N4O6S. The van der Waals surface area contributed by atoms with Gasteiger partial charge in [-0.1, -0.05) is 6.92 Å². The van der Waals surface area contributed by atoms with E-state index in [2.05, 4.69) is 19.3 Å². The normalized spacial score (nSPS) is 16.0. The molecule has 1 aromatic carbocycles. The first-order valence-electron chi connectivity index (χ1n) is 10.5. The molecule has 0 radical (unpaired) electrons. The Kier molecular flexibility index (Phi) is 8.10. The van der Waals surface area contributed by atoms with Gasteiger partial charge in [0.2, 0.25) is 0 Å². The number of rotatable bonds is 11. The molecule has 3 rings (SSSR count). The van der Waals surface area contributed by atoms with E-state index in [1.165, 1.54) is 0 Å². The van der Waals surface area contributed by atoms with Gasteiger partial charge in [0.15, 0.2) is 11.5 Å². The minimum atomic E-state index is -3.67. The van der Waals surface area contributed by atoms with Gasteiger partial charge in [-0.05, 0) is 36.8 Å². The maximum absolute atomic E-state index is 11.2. The summed E-state index contributed by atoms with van der Waals surface area (Å²) < 4.78 is 40.6. The number of ether oxygens (including phenoxy) is 3. The van der Waals surface area contributed by atoms with Crippen molar-refractivity contribution < 1.29 is 27.4 Å². The van der Waals surface area contributed by atoms with Crippen molar-refractivity contribution in [3.05, 3.63) is 24.4 Å². The quantitative estimate of drug-likeness (QED) is 0.375. The number of hydrogen-bond donors (Lipinski definition) is 2. The molecule has 0 bridgehead atoms. The highest BCUT2D eigenvalue weighted by atomic mass is 32.2. The number of methoxy groups -OCH3 is 1. The van der Waals surface area contributed by atoms with Gasteiger partial charge in [0.25, 0.3) is 16.7 Å². The Labute approximate surface area is 188 Å². The van der Waals surface area contributed by atoms with Crippen LogP contribution in [0.1, 0.15) is 19.8 Å². The van der Waals surface area contributed by atoms with Crippen molar-refractivity contribution in [2.45, 2.75) is 19.8 Å². The van der Waals surface area contributed by atoms with Gasteiger partial charge in [0.1, 0.15) is 13.2 Å². The van der Waals surface area contributed by atoms with E-state index in [1.807, 2.05) is 25.1 Å². The highest BCUT2D eigenvalue weighted by Gasteiger charge is 2.26. The van der Waals surface area contributed by atoms with Crippen molar-refractivity contribution in [3.63, 3.8) is 0 Å². The summed E-state index contributed by atoms with van der Waals surface area (Å²) in [5, 5.41) is 5.99. The zero-order chi connectivity index (χ0) is 23.1. The average Bonchev–Trinajstić information content (AvgIpc) is 2.79. The molecule has 1 aliphatic rings. The van der Waals surface area contributed by atoms with Crippen molar-refractivity contribution in [2.24, 2.45) is 17.0 Å². The summed E-state index contributed by atoms with van der Waals surface area (Å²) in [6, 6.07) is 5.73. The highest BCUT2D eigenvalue weighted by molar-refractivity contribution is 7.87. The molecule has 0 aliphatic carbocycles. The summed E-state index contributed by atoms with van der Waals surface area (Å²) >= 11 is 0. The number of fused-ring (bicyclic) bond motifs is 1. The molecule has 2 heterocycles. The minimum absolute atomic E-state index is 0.149. The summed E-state index contributed by atoms with van der Waals surface area (Å²) in [7, 11) is -2.10. The lowest BCUT2D eigenvalue weighted by molar-refractivity contribution is -0.129. The molecule has 0 spiro atoms. The molecule has 3 N–H and O–H groups in total. The van der Waals surface area contributed by atoms with Crippen LogP contribution < -0.4 is 24.2 Å². The third-order valence-electron chi connectivity index (χ3n) is 5.82. The number of carbonyl (C=O) groups excluding carboxylic acids is 1. The fourth-order valence-corrected chi connectivity index (χ4v) is 4.55. The van der Waals surface area contributed by atoms with Crippen LogP contribution in [0.25, 0.3) is 10.9 Å². The maximum Gasteiger partial charge on any atom is 0.293 e. The zero-order valence-corrected chi connectivity index (χ0v) is 19.1. The number of aromatic nitrogens is 1. The van der Waals surface area contributed by atoms with E-state index < -0.39 is 10.2 Å². The summed E-state index contributed by atoms with van der Waals surface area (Å²) in [6.07, 6.45) is 3.67. The van der Waals surface area contributed by atoms with Gasteiger partial charge in [0.05, 0.1) is 12.6 Å². The number of pyridine rings is 1. The van der Waals surface area contributed by atoms with Crippen LogP contribution in [0.5, 0.6) is 11.5 Å². The van der Waals surface area contributed by atoms with E-state index in [-0.39, 0.29) is 19.1 Å². The Morgan fingerprint density at radius 2 is 2.03 bits per heavy atom. The monoisotopic (exact) mass is 466 g/mol. The molecule has 1 unspecified atom stereocenters. The van der Waals surface area contributed by atoms with E-state index in [0.29, 0.717) is 30.4 Å². The van der Waals surface area contributed by atoms with Crippen molar-refractivity contribution >= 4 is 33.3 Å². The van der Waals surface area contributed by atoms with Crippen molar-refractivity contribution in [1.29, 1.82) is 0 Å². The molecular weight excluding hydrogens is 436 g/mol. The lowest BCUT2D eigenvalue weighted by Gasteiger charge is -2.36. The molecule has 176 valence electrons. The van der Waals surface area contributed by atoms with Crippen LogP contribution in [0.3, 0.4) is 0 Å². The first-order chi connectivity index (χ1) is 15.3. The van der Waals surface area contributed by atoms with Gasteiger partial charge < -0.3 is 19.1 Å². The van der Waals surface area contributed by atoms with Gasteiger partial charge in [0, 0.05) is 43.0 Å². The van der Waals surface area contributed by atoms with Crippen molar-refractivity contribution in [2.75, 3.05) is 44.9 Å². The topological polar surface area (TPSA) is 133 Å². The predicted molar refractivity (Wildman–Crippen MR) is 121 cm³/mol. The lowest BCUT2D eigenvalue weighted by atomic mass is 9.85. The van der Waals surface area contributed by atoms with Crippen LogP contribution in [0, 0.1) is 11.8 Å². The number of benzene rings is 1. The Balaban J connectivity index is 1.73. The van der Waals surface area contributed by atoms with Gasteiger partial charge in [-0.3, -0.25) is 9.78 Å². The molecule has 1 aliphatic heterocycles. The van der Waals surface area contributed by atoms with Crippen LogP contribution >= 0.6 is 0 Å². The molecule has 0 saturated carbocycles. The van der Waals surface area contributed by atoms with E-state index in [4.69, 9.17) is 14.6 Å². The third-order valence-corrected chi connectivity index (χ3v) is 6.39. The molecule has 0 amide bonds. The first kappa shape index (κ1) is 24.0. The summed E-state index contributed by atoms with van der Waals surface area (Å²) in [6.45, 7) is 4.83. The number of nitrogens with two attached hydrogens (primary N) is 1. The Morgan fingerprint density at radius 3 is 2.69 bits per heavy atom.